The Bertz CT molecular complexity index is 1240. The third kappa shape index (κ3) is 8.06. The standard InChI is InChI=1S/C32H44ClFN2O4Si/c1-9-38-30(14-15-40-41(21(2)3,22(4)5)23(6)7)25-11-13-31(35-18-25)39-20-24-10-12-28(33)26(16-24)27-17-32(37-8)36-19-29(27)34/h10-13,16-19,21-23,30H,9,14-15,20H2,1-8H3/t30-/m0/s1. The molecule has 6 nitrogen and oxygen atoms in total. The molecular formula is C32H44ClFN2O4Si. The fourth-order valence-electron chi connectivity index (χ4n) is 5.82. The van der Waals surface area contributed by atoms with E-state index in [0.29, 0.717) is 57.7 Å². The third-order valence-electron chi connectivity index (χ3n) is 7.69. The maximum Gasteiger partial charge on any atom is 0.213 e. The van der Waals surface area contributed by atoms with Crippen molar-refractivity contribution in [2.75, 3.05) is 20.3 Å². The molecule has 0 aliphatic heterocycles. The van der Waals surface area contributed by atoms with Crippen LogP contribution in [0.25, 0.3) is 11.1 Å². The van der Waals surface area contributed by atoms with E-state index in [-0.39, 0.29) is 12.7 Å². The van der Waals surface area contributed by atoms with Gasteiger partial charge in [0, 0.05) is 47.7 Å². The molecule has 3 rings (SSSR count). The summed E-state index contributed by atoms with van der Waals surface area (Å²) < 4.78 is 38.5. The minimum atomic E-state index is -1.94. The van der Waals surface area contributed by atoms with Crippen LogP contribution >= 0.6 is 11.6 Å². The van der Waals surface area contributed by atoms with Crippen molar-refractivity contribution in [1.82, 2.24) is 9.97 Å². The average molecular weight is 603 g/mol. The maximum atomic E-state index is 14.5. The predicted octanol–water partition coefficient (Wildman–Crippen LogP) is 9.18. The first kappa shape index (κ1) is 33.0. The van der Waals surface area contributed by atoms with Crippen molar-refractivity contribution in [1.29, 1.82) is 0 Å². The molecule has 9 heteroatoms. The second kappa shape index (κ2) is 15.1. The summed E-state index contributed by atoms with van der Waals surface area (Å²) in [5, 5.41) is 0.421. The van der Waals surface area contributed by atoms with Crippen molar-refractivity contribution in [3.05, 3.63) is 70.8 Å². The molecule has 0 unspecified atom stereocenters. The highest BCUT2D eigenvalue weighted by atomic mass is 35.5. The molecule has 41 heavy (non-hydrogen) atoms. The van der Waals surface area contributed by atoms with Crippen molar-refractivity contribution >= 4 is 19.9 Å². The zero-order valence-corrected chi connectivity index (χ0v) is 27.3. The molecule has 0 N–H and O–H groups in total. The second-order valence-corrected chi connectivity index (χ2v) is 17.0. The topological polar surface area (TPSA) is 62.7 Å². The average Bonchev–Trinajstić information content (AvgIpc) is 2.94. The molecular weight excluding hydrogens is 559 g/mol. The number of rotatable bonds is 15. The van der Waals surface area contributed by atoms with Crippen LogP contribution in [-0.4, -0.2) is 38.6 Å². The molecule has 0 aliphatic rings. The lowest BCUT2D eigenvalue weighted by molar-refractivity contribution is 0.0436. The highest BCUT2D eigenvalue weighted by molar-refractivity contribution is 6.77. The van der Waals surface area contributed by atoms with Crippen LogP contribution in [-0.2, 0) is 15.8 Å². The maximum absolute atomic E-state index is 14.5. The fourth-order valence-corrected chi connectivity index (χ4v) is 11.5. The van der Waals surface area contributed by atoms with E-state index < -0.39 is 14.1 Å². The quantitative estimate of drug-likeness (QED) is 0.162. The van der Waals surface area contributed by atoms with E-state index in [1.807, 2.05) is 25.1 Å². The molecule has 0 radical (unpaired) electrons. The van der Waals surface area contributed by atoms with Gasteiger partial charge in [-0.25, -0.2) is 14.4 Å². The summed E-state index contributed by atoms with van der Waals surface area (Å²) in [6.45, 7) is 17.3. The molecule has 0 aliphatic carbocycles. The van der Waals surface area contributed by atoms with Gasteiger partial charge in [0.15, 0.2) is 8.32 Å². The summed E-state index contributed by atoms with van der Waals surface area (Å²) in [5.74, 6) is 0.309. The molecule has 3 aromatic rings. The molecule has 0 spiro atoms. The Balaban J connectivity index is 1.67. The SMILES string of the molecule is CCO[C@@H](CCO[Si](C(C)C)(C(C)C)C(C)C)c1ccc(OCc2ccc(Cl)c(-c3cc(OC)ncc3F)c2)nc1. The van der Waals surface area contributed by atoms with E-state index in [2.05, 4.69) is 51.5 Å². The number of pyridine rings is 2. The van der Waals surface area contributed by atoms with Crippen LogP contribution in [0.15, 0.2) is 48.8 Å². The van der Waals surface area contributed by atoms with Crippen LogP contribution in [0.1, 0.15) is 72.1 Å². The minimum absolute atomic E-state index is 0.106. The third-order valence-corrected chi connectivity index (χ3v) is 14.1. The number of methoxy groups -OCH3 is 1. The molecule has 1 aromatic carbocycles. The number of hydrogen-bond acceptors (Lipinski definition) is 6. The number of nitrogens with zero attached hydrogens (tertiary/aromatic N) is 2. The molecule has 0 bridgehead atoms. The highest BCUT2D eigenvalue weighted by Gasteiger charge is 2.45. The van der Waals surface area contributed by atoms with Crippen LogP contribution in [0, 0.1) is 5.82 Å². The van der Waals surface area contributed by atoms with Crippen molar-refractivity contribution in [2.45, 2.75) is 84.2 Å². The van der Waals surface area contributed by atoms with Crippen molar-refractivity contribution in [2.24, 2.45) is 0 Å². The van der Waals surface area contributed by atoms with Gasteiger partial charge in [-0.1, -0.05) is 59.2 Å². The number of halogens is 2. The minimum Gasteiger partial charge on any atom is -0.481 e. The Morgan fingerprint density at radius 2 is 1.56 bits per heavy atom. The molecule has 0 saturated carbocycles. The predicted molar refractivity (Wildman–Crippen MR) is 166 cm³/mol. The molecule has 2 heterocycles. The van der Waals surface area contributed by atoms with Crippen LogP contribution in [0.5, 0.6) is 11.8 Å². The lowest BCUT2D eigenvalue weighted by Crippen LogP contribution is -2.48. The summed E-state index contributed by atoms with van der Waals surface area (Å²) in [5.41, 5.74) is 4.27. The van der Waals surface area contributed by atoms with Gasteiger partial charge in [0.05, 0.1) is 19.4 Å². The van der Waals surface area contributed by atoms with E-state index in [1.54, 1.807) is 18.3 Å². The van der Waals surface area contributed by atoms with Crippen LogP contribution in [0.3, 0.4) is 0 Å². The molecule has 0 amide bonds. The zero-order valence-electron chi connectivity index (χ0n) is 25.5. The van der Waals surface area contributed by atoms with Gasteiger partial charge in [-0.05, 0) is 59.3 Å². The van der Waals surface area contributed by atoms with Crippen LogP contribution in [0.4, 0.5) is 4.39 Å². The lowest BCUT2D eigenvalue weighted by Gasteiger charge is -2.42. The summed E-state index contributed by atoms with van der Waals surface area (Å²) >= 11 is 6.40. The summed E-state index contributed by atoms with van der Waals surface area (Å²) in [6, 6.07) is 10.7. The van der Waals surface area contributed by atoms with Crippen molar-refractivity contribution in [3.8, 4) is 22.9 Å². The number of benzene rings is 1. The highest BCUT2D eigenvalue weighted by Crippen LogP contribution is 2.42. The smallest absolute Gasteiger partial charge is 0.213 e. The Kier molecular flexibility index (Phi) is 12.1. The van der Waals surface area contributed by atoms with Gasteiger partial charge in [0.25, 0.3) is 0 Å². The van der Waals surface area contributed by atoms with E-state index in [0.717, 1.165) is 23.7 Å². The number of aromatic nitrogens is 2. The van der Waals surface area contributed by atoms with E-state index in [9.17, 15) is 4.39 Å². The van der Waals surface area contributed by atoms with Gasteiger partial charge in [-0.15, -0.1) is 0 Å². The largest absolute Gasteiger partial charge is 0.481 e. The molecule has 2 aromatic heterocycles. The van der Waals surface area contributed by atoms with Gasteiger partial charge >= 0.3 is 0 Å². The fraction of sp³-hybridized carbons (Fsp3) is 0.500. The number of hydrogen-bond donors (Lipinski definition) is 0. The number of ether oxygens (including phenoxy) is 3. The normalized spacial score (nSPS) is 12.8. The lowest BCUT2D eigenvalue weighted by atomic mass is 10.0. The van der Waals surface area contributed by atoms with Gasteiger partial charge in [-0.3, -0.25) is 0 Å². The first-order valence-electron chi connectivity index (χ1n) is 14.4. The Morgan fingerprint density at radius 3 is 2.15 bits per heavy atom. The van der Waals surface area contributed by atoms with Gasteiger partial charge in [0.1, 0.15) is 12.4 Å². The van der Waals surface area contributed by atoms with Crippen LogP contribution < -0.4 is 9.47 Å². The summed E-state index contributed by atoms with van der Waals surface area (Å²) in [6.07, 6.45) is 3.59. The van der Waals surface area contributed by atoms with Crippen molar-refractivity contribution in [3.63, 3.8) is 0 Å². The first-order chi connectivity index (χ1) is 19.5. The molecule has 0 saturated heterocycles. The molecule has 1 atom stereocenters. The monoisotopic (exact) mass is 602 g/mol. The Morgan fingerprint density at radius 1 is 0.878 bits per heavy atom. The Labute approximate surface area is 250 Å². The van der Waals surface area contributed by atoms with Crippen molar-refractivity contribution < 1.29 is 23.0 Å². The van der Waals surface area contributed by atoms with E-state index >= 15 is 0 Å². The summed E-state index contributed by atoms with van der Waals surface area (Å²) in [7, 11) is -0.454. The van der Waals surface area contributed by atoms with Gasteiger partial charge in [0.2, 0.25) is 11.8 Å². The second-order valence-electron chi connectivity index (χ2n) is 11.1. The van der Waals surface area contributed by atoms with Gasteiger partial charge in [-0.2, -0.15) is 0 Å². The van der Waals surface area contributed by atoms with Crippen LogP contribution in [0.2, 0.25) is 21.6 Å². The molecule has 224 valence electrons. The zero-order chi connectivity index (χ0) is 30.2. The Hall–Kier alpha value is -2.52. The van der Waals surface area contributed by atoms with E-state index in [4.69, 9.17) is 30.2 Å². The van der Waals surface area contributed by atoms with Gasteiger partial charge < -0.3 is 18.6 Å². The molecule has 0 fully saturated rings. The summed E-state index contributed by atoms with van der Waals surface area (Å²) in [4.78, 5) is 8.43. The first-order valence-corrected chi connectivity index (χ1v) is 16.9. The van der Waals surface area contributed by atoms with E-state index in [1.165, 1.54) is 13.2 Å².